The number of benzene rings is 2. The van der Waals surface area contributed by atoms with E-state index in [9.17, 15) is 4.55 Å². The maximum absolute atomic E-state index is 12.4. The van der Waals surface area contributed by atoms with Crippen molar-refractivity contribution in [2.75, 3.05) is 20.6 Å². The van der Waals surface area contributed by atoms with Crippen LogP contribution >= 0.6 is 0 Å². The normalized spacial score (nSPS) is 16.0. The second-order valence-electron chi connectivity index (χ2n) is 8.95. The van der Waals surface area contributed by atoms with Crippen molar-refractivity contribution in [2.45, 2.75) is 50.0 Å². The third kappa shape index (κ3) is 5.81. The summed E-state index contributed by atoms with van der Waals surface area (Å²) in [6.45, 7) is 8.69. The van der Waals surface area contributed by atoms with E-state index >= 15 is 0 Å². The van der Waals surface area contributed by atoms with E-state index in [0.29, 0.717) is 29.5 Å². The van der Waals surface area contributed by atoms with Crippen molar-refractivity contribution in [3.63, 3.8) is 0 Å². The van der Waals surface area contributed by atoms with Crippen LogP contribution in [0.25, 0.3) is 0 Å². The molecule has 0 saturated heterocycles. The molecule has 0 fully saturated rings. The Labute approximate surface area is 205 Å². The number of hydrogen-bond donors (Lipinski definition) is 3. The van der Waals surface area contributed by atoms with Gasteiger partial charge in [0, 0.05) is 12.6 Å². The first-order valence-electron chi connectivity index (χ1n) is 11.4. The van der Waals surface area contributed by atoms with Gasteiger partial charge in [-0.25, -0.2) is 4.99 Å². The van der Waals surface area contributed by atoms with Crippen LogP contribution in [0.5, 0.6) is 0 Å². The largest absolute Gasteiger partial charge is 0.611 e. The van der Waals surface area contributed by atoms with Crippen LogP contribution in [0, 0.1) is 5.41 Å². The zero-order chi connectivity index (χ0) is 25.0. The Morgan fingerprint density at radius 3 is 2.26 bits per heavy atom. The molecule has 0 radical (unpaired) electrons. The molecule has 0 bridgehead atoms. The lowest BCUT2D eigenvalue weighted by Crippen LogP contribution is -2.41. The van der Waals surface area contributed by atoms with Crippen LogP contribution in [-0.2, 0) is 15.9 Å². The molecule has 0 aliphatic carbocycles. The van der Waals surface area contributed by atoms with Crippen LogP contribution < -0.4 is 11.1 Å². The minimum Gasteiger partial charge on any atom is -0.611 e. The summed E-state index contributed by atoms with van der Waals surface area (Å²) in [5, 5.41) is 11.6. The fourth-order valence-corrected chi connectivity index (χ4v) is 4.55. The molecule has 0 spiro atoms. The van der Waals surface area contributed by atoms with Crippen molar-refractivity contribution in [1.82, 2.24) is 10.2 Å². The summed E-state index contributed by atoms with van der Waals surface area (Å²) in [6.07, 6.45) is -0.692. The zero-order valence-electron chi connectivity index (χ0n) is 20.8. The van der Waals surface area contributed by atoms with Gasteiger partial charge >= 0.3 is 0 Å². The molecule has 1 heterocycles. The maximum atomic E-state index is 12.4. The molecular weight excluding hydrogens is 446 g/mol. The van der Waals surface area contributed by atoms with E-state index in [1.807, 2.05) is 74.3 Å². The molecule has 182 valence electrons. The van der Waals surface area contributed by atoms with E-state index in [0.717, 1.165) is 16.2 Å². The molecule has 34 heavy (non-hydrogen) atoms. The van der Waals surface area contributed by atoms with Crippen molar-refractivity contribution in [3.8, 4) is 0 Å². The van der Waals surface area contributed by atoms with Gasteiger partial charge < -0.3 is 19.9 Å². The molecule has 2 atom stereocenters. The number of nitrogens with one attached hydrogen (secondary N) is 2. The smallest absolute Gasteiger partial charge is 0.215 e. The van der Waals surface area contributed by atoms with Crippen molar-refractivity contribution in [3.05, 3.63) is 76.7 Å². The molecular formula is C26H35N5O2S. The van der Waals surface area contributed by atoms with Gasteiger partial charge in [-0.3, -0.25) is 10.7 Å². The van der Waals surface area contributed by atoms with Gasteiger partial charge in [0.25, 0.3) is 0 Å². The number of aliphatic imine (C=N–C) groups is 1. The minimum atomic E-state index is -1.04. The van der Waals surface area contributed by atoms with E-state index < -0.39 is 17.4 Å². The van der Waals surface area contributed by atoms with Crippen LogP contribution in [-0.4, -0.2) is 53.2 Å². The first-order valence-corrected chi connectivity index (χ1v) is 12.7. The number of likely N-dealkylation sites (N-methyl/N-ethyl adjacent to an activating group) is 2. The summed E-state index contributed by atoms with van der Waals surface area (Å²) in [5.41, 5.74) is 10.5. The highest BCUT2D eigenvalue weighted by atomic mass is 32.2. The molecule has 0 aromatic heterocycles. The molecule has 2 aromatic carbocycles. The average molecular weight is 482 g/mol. The Bertz CT molecular complexity index is 1060. The number of rotatable bonds is 8. The quantitative estimate of drug-likeness (QED) is 0.230. The van der Waals surface area contributed by atoms with Crippen LogP contribution in [0.2, 0.25) is 0 Å². The predicted octanol–water partition coefficient (Wildman–Crippen LogP) is 3.78. The molecule has 2 unspecified atom stereocenters. The summed E-state index contributed by atoms with van der Waals surface area (Å²) in [7, 11) is 3.65. The lowest BCUT2D eigenvalue weighted by Gasteiger charge is -2.30. The lowest BCUT2D eigenvalue weighted by atomic mass is 10.0. The van der Waals surface area contributed by atoms with Crippen molar-refractivity contribution >= 4 is 22.8 Å². The van der Waals surface area contributed by atoms with Gasteiger partial charge in [0.2, 0.25) is 5.90 Å². The second-order valence-corrected chi connectivity index (χ2v) is 11.0. The molecule has 3 rings (SSSR count). The van der Waals surface area contributed by atoms with Crippen molar-refractivity contribution in [1.29, 1.82) is 5.41 Å². The van der Waals surface area contributed by atoms with Crippen molar-refractivity contribution < 1.29 is 9.29 Å². The topological polar surface area (TPSA) is 110 Å². The van der Waals surface area contributed by atoms with E-state index in [4.69, 9.17) is 20.9 Å². The number of hydrogen-bond acceptors (Lipinski definition) is 7. The molecule has 4 N–H and O–H groups in total. The first-order chi connectivity index (χ1) is 16.1. The summed E-state index contributed by atoms with van der Waals surface area (Å²) in [4.78, 5) is 7.53. The highest BCUT2D eigenvalue weighted by Crippen LogP contribution is 2.23. The fourth-order valence-electron chi connectivity index (χ4n) is 3.60. The van der Waals surface area contributed by atoms with Crippen LogP contribution in [0.3, 0.4) is 0 Å². The van der Waals surface area contributed by atoms with Gasteiger partial charge in [0.1, 0.15) is 16.8 Å². The molecule has 7 nitrogen and oxygen atoms in total. The van der Waals surface area contributed by atoms with E-state index in [2.05, 4.69) is 19.2 Å². The third-order valence-electron chi connectivity index (χ3n) is 5.75. The number of nitrogens with zero attached hydrogens (tertiary/aromatic N) is 2. The summed E-state index contributed by atoms with van der Waals surface area (Å²) >= 11 is -1.04. The molecule has 2 aromatic rings. The number of nitrogens with two attached hydrogens (primary N) is 1. The fraction of sp³-hybridized carbons (Fsp3) is 0.385. The van der Waals surface area contributed by atoms with Gasteiger partial charge in [0.05, 0.1) is 12.3 Å². The molecule has 0 amide bonds. The van der Waals surface area contributed by atoms with Crippen LogP contribution in [0.4, 0.5) is 0 Å². The highest BCUT2D eigenvalue weighted by Gasteiger charge is 2.27. The van der Waals surface area contributed by atoms with E-state index in [-0.39, 0.29) is 11.1 Å². The van der Waals surface area contributed by atoms with Gasteiger partial charge in [-0.2, -0.15) is 0 Å². The summed E-state index contributed by atoms with van der Waals surface area (Å²) in [5.74, 6) is 0.952. The SMILES string of the molecule is CNC(OC(=N)c1ccc(C(C)C)cc1)C1=C(N)N(C)CC(c2ccc([S+]([O-])C(C)C)cc2)=N1. The van der Waals surface area contributed by atoms with Gasteiger partial charge in [-0.1, -0.05) is 26.0 Å². The Balaban J connectivity index is 1.84. The van der Waals surface area contributed by atoms with Crippen LogP contribution in [0.1, 0.15) is 50.3 Å². The van der Waals surface area contributed by atoms with Crippen LogP contribution in [0.15, 0.2) is 69.9 Å². The average Bonchev–Trinajstić information content (AvgIpc) is 2.83. The molecule has 0 saturated carbocycles. The predicted molar refractivity (Wildman–Crippen MR) is 140 cm³/mol. The first kappa shape index (κ1) is 25.8. The second kappa shape index (κ2) is 11.1. The third-order valence-corrected chi connectivity index (χ3v) is 7.34. The Hall–Kier alpha value is -2.81. The number of ether oxygens (including phenoxy) is 1. The summed E-state index contributed by atoms with van der Waals surface area (Å²) < 4.78 is 18.3. The lowest BCUT2D eigenvalue weighted by molar-refractivity contribution is 0.188. The monoisotopic (exact) mass is 481 g/mol. The molecule has 8 heteroatoms. The Morgan fingerprint density at radius 1 is 1.12 bits per heavy atom. The van der Waals surface area contributed by atoms with Crippen molar-refractivity contribution in [2.24, 2.45) is 10.7 Å². The standard InChI is InChI=1S/C26H35N5O2S/c1-16(2)18-7-9-20(10-8-18)25(28)33-26(29-5)23-24(27)31(6)15-22(30-23)19-11-13-21(14-12-19)34(32)17(3)4/h7-14,16-17,26,28-29H,15,27H2,1-6H3. The highest BCUT2D eigenvalue weighted by molar-refractivity contribution is 7.92. The van der Waals surface area contributed by atoms with Gasteiger partial charge in [-0.05, 0) is 85.5 Å². The minimum absolute atomic E-state index is 0.0421. The molecule has 1 aliphatic rings. The molecule has 1 aliphatic heterocycles. The maximum Gasteiger partial charge on any atom is 0.215 e. The van der Waals surface area contributed by atoms with E-state index in [1.165, 1.54) is 5.56 Å². The van der Waals surface area contributed by atoms with Gasteiger partial charge in [-0.15, -0.1) is 0 Å². The summed E-state index contributed by atoms with van der Waals surface area (Å²) in [6, 6.07) is 15.5. The van der Waals surface area contributed by atoms with E-state index in [1.54, 1.807) is 7.05 Å². The zero-order valence-corrected chi connectivity index (χ0v) is 21.6. The van der Waals surface area contributed by atoms with Gasteiger partial charge in [0.15, 0.2) is 11.1 Å². The Morgan fingerprint density at radius 2 is 1.74 bits per heavy atom. The Kier molecular flexibility index (Phi) is 8.41.